The summed E-state index contributed by atoms with van der Waals surface area (Å²) in [7, 11) is 0. The lowest BCUT2D eigenvalue weighted by Crippen LogP contribution is -2.11. The minimum atomic E-state index is -4.65. The molecule has 3 aromatic rings. The molecule has 0 fully saturated rings. The summed E-state index contributed by atoms with van der Waals surface area (Å²) in [6, 6.07) is 8.66. The van der Waals surface area contributed by atoms with Gasteiger partial charge in [0.25, 0.3) is 0 Å². The number of hydrogen-bond acceptors (Lipinski definition) is 5. The Morgan fingerprint density at radius 1 is 1.09 bits per heavy atom. The van der Waals surface area contributed by atoms with Crippen LogP contribution >= 0.6 is 11.6 Å². The number of ether oxygens (including phenoxy) is 1. The van der Waals surface area contributed by atoms with Gasteiger partial charge in [0.05, 0.1) is 16.8 Å². The number of carbonyl (C=O) groups is 2. The van der Waals surface area contributed by atoms with E-state index in [1.807, 2.05) is 0 Å². The molecule has 0 saturated heterocycles. The number of halogens is 5. The Labute approximate surface area is 196 Å². The second-order valence-corrected chi connectivity index (χ2v) is 7.98. The SMILES string of the molecule is O=C1C=Nc2nccc(Oc3ccc(CC(=O)Cc4ccc(Cl)c(C(F)(F)F)c4)c(F)c3)c2C1. The lowest BCUT2D eigenvalue weighted by atomic mass is 10.0. The standard InChI is InChI=1S/C24H15ClF4N2O3/c25-20-4-1-13(8-19(20)24(27,28)29)7-15(32)9-14-2-3-17(11-21(14)26)34-22-5-6-30-23-18(22)10-16(33)12-31-23/h1-6,8,11-12H,7,9-10H2. The summed E-state index contributed by atoms with van der Waals surface area (Å²) in [6.07, 6.45) is -2.59. The number of aliphatic imine (C=N–C) groups is 1. The number of hydrogen-bond donors (Lipinski definition) is 0. The van der Waals surface area contributed by atoms with Crippen molar-refractivity contribution in [2.75, 3.05) is 0 Å². The minimum absolute atomic E-state index is 0.0534. The third kappa shape index (κ3) is 5.31. The quantitative estimate of drug-likeness (QED) is 0.405. The maximum atomic E-state index is 14.6. The van der Waals surface area contributed by atoms with E-state index in [1.54, 1.807) is 0 Å². The Kier molecular flexibility index (Phi) is 6.47. The molecular weight excluding hydrogens is 476 g/mol. The summed E-state index contributed by atoms with van der Waals surface area (Å²) in [5.74, 6) is -0.611. The summed E-state index contributed by atoms with van der Waals surface area (Å²) >= 11 is 5.59. The molecule has 2 aromatic carbocycles. The summed E-state index contributed by atoms with van der Waals surface area (Å²) in [5.41, 5.74) is -0.352. The smallest absolute Gasteiger partial charge is 0.417 e. The van der Waals surface area contributed by atoms with Gasteiger partial charge in [-0.25, -0.2) is 14.4 Å². The summed E-state index contributed by atoms with van der Waals surface area (Å²) < 4.78 is 59.4. The maximum absolute atomic E-state index is 14.6. The van der Waals surface area contributed by atoms with E-state index in [4.69, 9.17) is 16.3 Å². The highest BCUT2D eigenvalue weighted by molar-refractivity contribution is 6.31. The van der Waals surface area contributed by atoms with Crippen molar-refractivity contribution >= 4 is 35.2 Å². The van der Waals surface area contributed by atoms with Crippen molar-refractivity contribution in [1.82, 2.24) is 4.98 Å². The van der Waals surface area contributed by atoms with Crippen LogP contribution < -0.4 is 4.74 Å². The molecule has 0 atom stereocenters. The molecule has 0 amide bonds. The predicted molar refractivity (Wildman–Crippen MR) is 116 cm³/mol. The third-order valence-corrected chi connectivity index (χ3v) is 5.38. The molecule has 1 aromatic heterocycles. The molecule has 1 aliphatic heterocycles. The predicted octanol–water partition coefficient (Wildman–Crippen LogP) is 5.87. The van der Waals surface area contributed by atoms with E-state index in [0.717, 1.165) is 18.2 Å². The van der Waals surface area contributed by atoms with Gasteiger partial charge in [-0.3, -0.25) is 9.59 Å². The second-order valence-electron chi connectivity index (χ2n) is 7.57. The monoisotopic (exact) mass is 490 g/mol. The van der Waals surface area contributed by atoms with Crippen LogP contribution in [-0.4, -0.2) is 22.8 Å². The van der Waals surface area contributed by atoms with E-state index in [1.165, 1.54) is 36.7 Å². The van der Waals surface area contributed by atoms with Crippen LogP contribution in [0.2, 0.25) is 5.02 Å². The molecule has 0 unspecified atom stereocenters. The van der Waals surface area contributed by atoms with Crippen LogP contribution in [0.1, 0.15) is 22.3 Å². The first-order chi connectivity index (χ1) is 16.1. The van der Waals surface area contributed by atoms with Gasteiger partial charge in [-0.05, 0) is 35.4 Å². The number of nitrogens with zero attached hydrogens (tertiary/aromatic N) is 2. The van der Waals surface area contributed by atoms with E-state index >= 15 is 0 Å². The Bertz CT molecular complexity index is 1320. The number of benzene rings is 2. The molecule has 5 nitrogen and oxygen atoms in total. The zero-order valence-corrected chi connectivity index (χ0v) is 18.1. The molecule has 0 radical (unpaired) electrons. The zero-order valence-electron chi connectivity index (χ0n) is 17.3. The van der Waals surface area contributed by atoms with Gasteiger partial charge in [-0.15, -0.1) is 0 Å². The van der Waals surface area contributed by atoms with Gasteiger partial charge >= 0.3 is 6.18 Å². The van der Waals surface area contributed by atoms with Gasteiger partial charge in [0.15, 0.2) is 11.6 Å². The molecule has 10 heteroatoms. The molecule has 174 valence electrons. The topological polar surface area (TPSA) is 68.6 Å². The van der Waals surface area contributed by atoms with Crippen LogP contribution in [0.5, 0.6) is 11.5 Å². The van der Waals surface area contributed by atoms with E-state index in [-0.39, 0.29) is 41.9 Å². The first-order valence-electron chi connectivity index (χ1n) is 9.98. The zero-order chi connectivity index (χ0) is 24.5. The lowest BCUT2D eigenvalue weighted by molar-refractivity contribution is -0.137. The number of carbonyl (C=O) groups excluding carboxylic acids is 2. The van der Waals surface area contributed by atoms with Gasteiger partial charge in [0.1, 0.15) is 23.1 Å². The molecule has 4 rings (SSSR count). The second kappa shape index (κ2) is 9.34. The first-order valence-corrected chi connectivity index (χ1v) is 10.4. The van der Waals surface area contributed by atoms with Crippen LogP contribution in [0, 0.1) is 5.82 Å². The first kappa shape index (κ1) is 23.6. The Morgan fingerprint density at radius 3 is 2.62 bits per heavy atom. The van der Waals surface area contributed by atoms with Gasteiger partial charge in [-0.1, -0.05) is 23.7 Å². The molecule has 1 aliphatic rings. The van der Waals surface area contributed by atoms with Crippen molar-refractivity contribution in [1.29, 1.82) is 0 Å². The van der Waals surface area contributed by atoms with E-state index < -0.39 is 28.4 Å². The molecule has 0 bridgehead atoms. The molecular formula is C24H15ClF4N2O3. The summed E-state index contributed by atoms with van der Waals surface area (Å²) in [4.78, 5) is 32.1. The molecule has 0 spiro atoms. The number of Topliss-reactive ketones (excluding diaryl/α,β-unsaturated/α-hetero) is 2. The molecule has 0 N–H and O–H groups in total. The fraction of sp³-hybridized carbons (Fsp3) is 0.167. The van der Waals surface area contributed by atoms with Gasteiger partial charge in [0.2, 0.25) is 0 Å². The van der Waals surface area contributed by atoms with E-state index in [9.17, 15) is 27.2 Å². The van der Waals surface area contributed by atoms with Crippen molar-refractivity contribution in [2.45, 2.75) is 25.4 Å². The molecule has 34 heavy (non-hydrogen) atoms. The highest BCUT2D eigenvalue weighted by Crippen LogP contribution is 2.36. The average molecular weight is 491 g/mol. The number of aromatic nitrogens is 1. The highest BCUT2D eigenvalue weighted by Gasteiger charge is 2.33. The Balaban J connectivity index is 1.46. The Morgan fingerprint density at radius 2 is 1.88 bits per heavy atom. The third-order valence-electron chi connectivity index (χ3n) is 5.05. The number of rotatable bonds is 6. The highest BCUT2D eigenvalue weighted by atomic mass is 35.5. The van der Waals surface area contributed by atoms with Crippen LogP contribution in [0.3, 0.4) is 0 Å². The van der Waals surface area contributed by atoms with Crippen molar-refractivity contribution in [3.63, 3.8) is 0 Å². The van der Waals surface area contributed by atoms with Crippen molar-refractivity contribution in [2.24, 2.45) is 4.99 Å². The van der Waals surface area contributed by atoms with Gasteiger partial charge in [0, 0.05) is 37.1 Å². The number of pyridine rings is 1. The molecule has 2 heterocycles. The largest absolute Gasteiger partial charge is 0.457 e. The van der Waals surface area contributed by atoms with Gasteiger partial charge in [-0.2, -0.15) is 13.2 Å². The number of alkyl halides is 3. The normalized spacial score (nSPS) is 13.0. The van der Waals surface area contributed by atoms with E-state index in [2.05, 4.69) is 9.98 Å². The fourth-order valence-corrected chi connectivity index (χ4v) is 3.68. The minimum Gasteiger partial charge on any atom is -0.457 e. The summed E-state index contributed by atoms with van der Waals surface area (Å²) in [5, 5.41) is -0.461. The maximum Gasteiger partial charge on any atom is 0.417 e. The Hall–Kier alpha value is -3.59. The van der Waals surface area contributed by atoms with Crippen LogP contribution in [-0.2, 0) is 35.0 Å². The number of fused-ring (bicyclic) bond motifs is 1. The number of ketones is 2. The molecule has 0 aliphatic carbocycles. The average Bonchev–Trinajstić information content (AvgIpc) is 2.76. The lowest BCUT2D eigenvalue weighted by Gasteiger charge is -2.14. The van der Waals surface area contributed by atoms with Crippen molar-refractivity contribution in [3.8, 4) is 11.5 Å². The van der Waals surface area contributed by atoms with Crippen LogP contribution in [0.15, 0.2) is 53.7 Å². The van der Waals surface area contributed by atoms with Gasteiger partial charge < -0.3 is 4.74 Å². The van der Waals surface area contributed by atoms with Crippen LogP contribution in [0.25, 0.3) is 0 Å². The fourth-order valence-electron chi connectivity index (χ4n) is 3.45. The molecule has 0 saturated carbocycles. The van der Waals surface area contributed by atoms with Crippen LogP contribution in [0.4, 0.5) is 23.4 Å². The van der Waals surface area contributed by atoms with E-state index in [0.29, 0.717) is 17.1 Å². The van der Waals surface area contributed by atoms with Crippen molar-refractivity contribution in [3.05, 3.63) is 81.8 Å². The summed E-state index contributed by atoms with van der Waals surface area (Å²) in [6.45, 7) is 0. The van der Waals surface area contributed by atoms with Crippen molar-refractivity contribution < 1.29 is 31.9 Å².